The molecule has 1 atom stereocenters. The molecule has 1 N–H and O–H groups in total. The lowest BCUT2D eigenvalue weighted by atomic mass is 10.2. The van der Waals surface area contributed by atoms with Gasteiger partial charge in [0.05, 0.1) is 5.75 Å². The molecular formula is C5H10ClNO2S. The third kappa shape index (κ3) is 2.86. The molecule has 1 aliphatic heterocycles. The highest BCUT2D eigenvalue weighted by atomic mass is 35.7. The summed E-state index contributed by atoms with van der Waals surface area (Å²) in [6.07, 6.45) is 0.923. The van der Waals surface area contributed by atoms with Crippen molar-refractivity contribution < 1.29 is 8.42 Å². The molecule has 1 fully saturated rings. The lowest BCUT2D eigenvalue weighted by molar-refractivity contribution is 0.583. The van der Waals surface area contributed by atoms with Crippen molar-refractivity contribution in [3.8, 4) is 0 Å². The predicted octanol–water partition coefficient (Wildman–Crippen LogP) is 0.165. The van der Waals surface area contributed by atoms with Crippen molar-refractivity contribution in [2.24, 2.45) is 5.92 Å². The van der Waals surface area contributed by atoms with E-state index in [0.717, 1.165) is 19.5 Å². The molecule has 0 aromatic heterocycles. The summed E-state index contributed by atoms with van der Waals surface area (Å²) in [6.45, 7) is 1.70. The molecule has 60 valence electrons. The predicted molar refractivity (Wildman–Crippen MR) is 40.6 cm³/mol. The van der Waals surface area contributed by atoms with Crippen LogP contribution in [0.3, 0.4) is 0 Å². The van der Waals surface area contributed by atoms with Gasteiger partial charge in [-0.2, -0.15) is 0 Å². The van der Waals surface area contributed by atoms with E-state index in [1.807, 2.05) is 0 Å². The van der Waals surface area contributed by atoms with E-state index in [-0.39, 0.29) is 11.7 Å². The first-order valence-corrected chi connectivity index (χ1v) is 5.69. The molecule has 0 aromatic carbocycles. The minimum absolute atomic E-state index is 0.113. The van der Waals surface area contributed by atoms with Gasteiger partial charge >= 0.3 is 0 Å². The Morgan fingerprint density at radius 2 is 2.30 bits per heavy atom. The fourth-order valence-electron chi connectivity index (χ4n) is 1.14. The number of hydrogen-bond acceptors (Lipinski definition) is 3. The highest BCUT2D eigenvalue weighted by Gasteiger charge is 2.20. The molecule has 0 radical (unpaired) electrons. The molecule has 0 aliphatic carbocycles. The van der Waals surface area contributed by atoms with Crippen molar-refractivity contribution >= 4 is 19.7 Å². The zero-order chi connectivity index (χ0) is 7.61. The van der Waals surface area contributed by atoms with Crippen molar-refractivity contribution in [1.29, 1.82) is 0 Å². The molecular weight excluding hydrogens is 174 g/mol. The quantitative estimate of drug-likeness (QED) is 0.621. The van der Waals surface area contributed by atoms with Crippen LogP contribution in [0.4, 0.5) is 0 Å². The van der Waals surface area contributed by atoms with E-state index in [4.69, 9.17) is 10.7 Å². The standard InChI is InChI=1S/C5H10ClNO2S/c6-10(8,9)4-5-1-2-7-3-5/h5,7H,1-4H2. The average Bonchev–Trinajstić information content (AvgIpc) is 2.12. The highest BCUT2D eigenvalue weighted by molar-refractivity contribution is 8.13. The second kappa shape index (κ2) is 3.07. The minimum Gasteiger partial charge on any atom is -0.316 e. The molecule has 1 aliphatic rings. The van der Waals surface area contributed by atoms with Gasteiger partial charge in [-0.25, -0.2) is 8.42 Å². The molecule has 1 unspecified atom stereocenters. The van der Waals surface area contributed by atoms with E-state index >= 15 is 0 Å². The minimum atomic E-state index is -3.28. The van der Waals surface area contributed by atoms with Crippen molar-refractivity contribution in [3.05, 3.63) is 0 Å². The molecule has 0 amide bonds. The second-order valence-corrected chi connectivity index (χ2v) is 5.39. The van der Waals surface area contributed by atoms with Crippen LogP contribution in [0.5, 0.6) is 0 Å². The summed E-state index contributed by atoms with van der Waals surface area (Å²) in [6, 6.07) is 0. The van der Waals surface area contributed by atoms with Gasteiger partial charge in [-0.05, 0) is 25.4 Å². The van der Waals surface area contributed by atoms with E-state index in [2.05, 4.69) is 5.32 Å². The van der Waals surface area contributed by atoms with Gasteiger partial charge in [0, 0.05) is 10.7 Å². The molecule has 1 saturated heterocycles. The van der Waals surface area contributed by atoms with Gasteiger partial charge in [0.15, 0.2) is 0 Å². The largest absolute Gasteiger partial charge is 0.316 e. The molecule has 0 saturated carbocycles. The zero-order valence-electron chi connectivity index (χ0n) is 5.51. The fourth-order valence-corrected chi connectivity index (χ4v) is 2.52. The van der Waals surface area contributed by atoms with Crippen molar-refractivity contribution in [1.82, 2.24) is 5.32 Å². The van der Waals surface area contributed by atoms with Crippen LogP contribution in [0.15, 0.2) is 0 Å². The van der Waals surface area contributed by atoms with E-state index in [0.29, 0.717) is 0 Å². The SMILES string of the molecule is O=S(=O)(Cl)CC1CCNC1. The number of halogens is 1. The van der Waals surface area contributed by atoms with E-state index in [9.17, 15) is 8.42 Å². The van der Waals surface area contributed by atoms with E-state index in [1.54, 1.807) is 0 Å². The maximum absolute atomic E-state index is 10.5. The van der Waals surface area contributed by atoms with Crippen molar-refractivity contribution in [2.75, 3.05) is 18.8 Å². The smallest absolute Gasteiger partial charge is 0.232 e. The number of hydrogen-bond donors (Lipinski definition) is 1. The first-order chi connectivity index (χ1) is 4.58. The first kappa shape index (κ1) is 8.30. The van der Waals surface area contributed by atoms with Gasteiger partial charge in [-0.3, -0.25) is 0 Å². The number of rotatable bonds is 2. The molecule has 0 spiro atoms. The van der Waals surface area contributed by atoms with Gasteiger partial charge in [0.1, 0.15) is 0 Å². The Morgan fingerprint density at radius 1 is 1.60 bits per heavy atom. The summed E-state index contributed by atoms with van der Waals surface area (Å²) < 4.78 is 21.0. The average molecular weight is 184 g/mol. The summed E-state index contributed by atoms with van der Waals surface area (Å²) in [5.41, 5.74) is 0. The van der Waals surface area contributed by atoms with Crippen LogP contribution < -0.4 is 5.32 Å². The Hall–Kier alpha value is 0.200. The Labute approximate surface area is 65.2 Å². The van der Waals surface area contributed by atoms with Crippen LogP contribution in [0, 0.1) is 5.92 Å². The molecule has 5 heteroatoms. The van der Waals surface area contributed by atoms with Gasteiger partial charge < -0.3 is 5.32 Å². The third-order valence-electron chi connectivity index (χ3n) is 1.60. The van der Waals surface area contributed by atoms with E-state index in [1.165, 1.54) is 0 Å². The second-order valence-electron chi connectivity index (χ2n) is 2.56. The van der Waals surface area contributed by atoms with Crippen LogP contribution in [-0.2, 0) is 9.05 Å². The molecule has 1 rings (SSSR count). The van der Waals surface area contributed by atoms with Gasteiger partial charge in [0.2, 0.25) is 9.05 Å². The van der Waals surface area contributed by atoms with Crippen molar-refractivity contribution in [2.45, 2.75) is 6.42 Å². The monoisotopic (exact) mass is 183 g/mol. The summed E-state index contributed by atoms with van der Waals surface area (Å²) in [5.74, 6) is 0.337. The van der Waals surface area contributed by atoms with Gasteiger partial charge in [-0.15, -0.1) is 0 Å². The molecule has 0 bridgehead atoms. The topological polar surface area (TPSA) is 46.2 Å². The van der Waals surface area contributed by atoms with Crippen molar-refractivity contribution in [3.63, 3.8) is 0 Å². The summed E-state index contributed by atoms with van der Waals surface area (Å²) >= 11 is 0. The summed E-state index contributed by atoms with van der Waals surface area (Å²) in [4.78, 5) is 0. The van der Waals surface area contributed by atoms with Crippen LogP contribution in [0.1, 0.15) is 6.42 Å². The van der Waals surface area contributed by atoms with Gasteiger partial charge in [0.25, 0.3) is 0 Å². The van der Waals surface area contributed by atoms with Crippen LogP contribution >= 0.6 is 10.7 Å². The lowest BCUT2D eigenvalue weighted by Crippen LogP contribution is -2.15. The summed E-state index contributed by atoms with van der Waals surface area (Å²) in [5, 5.41) is 3.07. The van der Waals surface area contributed by atoms with Gasteiger partial charge in [-0.1, -0.05) is 0 Å². The lowest BCUT2D eigenvalue weighted by Gasteiger charge is -2.02. The fraction of sp³-hybridized carbons (Fsp3) is 1.00. The normalized spacial score (nSPS) is 27.1. The Balaban J connectivity index is 2.38. The zero-order valence-corrected chi connectivity index (χ0v) is 7.08. The van der Waals surface area contributed by atoms with Crippen LogP contribution in [-0.4, -0.2) is 27.3 Å². The first-order valence-electron chi connectivity index (χ1n) is 3.21. The molecule has 3 nitrogen and oxygen atoms in total. The molecule has 1 heterocycles. The highest BCUT2D eigenvalue weighted by Crippen LogP contribution is 2.12. The molecule has 0 aromatic rings. The third-order valence-corrected chi connectivity index (χ3v) is 2.84. The van der Waals surface area contributed by atoms with Crippen LogP contribution in [0.25, 0.3) is 0 Å². The molecule has 10 heavy (non-hydrogen) atoms. The summed E-state index contributed by atoms with van der Waals surface area (Å²) in [7, 11) is 1.78. The number of nitrogens with one attached hydrogen (secondary N) is 1. The maximum atomic E-state index is 10.5. The van der Waals surface area contributed by atoms with E-state index < -0.39 is 9.05 Å². The Morgan fingerprint density at radius 3 is 2.70 bits per heavy atom. The maximum Gasteiger partial charge on any atom is 0.232 e. The van der Waals surface area contributed by atoms with Crippen LogP contribution in [0.2, 0.25) is 0 Å². The Kier molecular flexibility index (Phi) is 2.55. The Bertz CT molecular complexity index is 196.